The van der Waals surface area contributed by atoms with Crippen LogP contribution in [0.25, 0.3) is 0 Å². The molecule has 0 heterocycles. The molecule has 1 rings (SSSR count). The summed E-state index contributed by atoms with van der Waals surface area (Å²) in [6.45, 7) is 11.4. The van der Waals surface area contributed by atoms with Gasteiger partial charge in [0.25, 0.3) is 0 Å². The number of benzene rings is 1. The van der Waals surface area contributed by atoms with Crippen LogP contribution in [0.1, 0.15) is 41.5 Å². The first kappa shape index (κ1) is 21.9. The second-order valence-electron chi connectivity index (χ2n) is 7.44. The summed E-state index contributed by atoms with van der Waals surface area (Å²) >= 11 is 0. The molecule has 0 unspecified atom stereocenters. The van der Waals surface area contributed by atoms with Crippen molar-refractivity contribution >= 4 is 13.2 Å². The fraction of sp³-hybridized carbons (Fsp3) is 0.625. The van der Waals surface area contributed by atoms with Gasteiger partial charge in [0.1, 0.15) is 11.5 Å². The van der Waals surface area contributed by atoms with Gasteiger partial charge in [-0.05, 0) is 27.7 Å². The van der Waals surface area contributed by atoms with E-state index >= 15 is 0 Å². The quantitative estimate of drug-likeness (QED) is 0.453. The van der Waals surface area contributed by atoms with Crippen LogP contribution in [-0.2, 0) is 0 Å². The third-order valence-corrected chi connectivity index (χ3v) is 6.39. The molecule has 0 N–H and O–H groups in total. The summed E-state index contributed by atoms with van der Waals surface area (Å²) in [5, 5.41) is -0.379. The molecule has 0 saturated heterocycles. The molecule has 0 fully saturated rings. The molecule has 144 valence electrons. The molecule has 0 amide bonds. The van der Waals surface area contributed by atoms with E-state index in [0.717, 1.165) is 12.1 Å². The number of hydrogen-bond acceptors (Lipinski definition) is 2. The molecular weight excluding hydrogens is 369 g/mol. The Bertz CT molecular complexity index is 548. The van der Waals surface area contributed by atoms with Crippen LogP contribution in [0.3, 0.4) is 0 Å². The predicted octanol–water partition coefficient (Wildman–Crippen LogP) is 6.19. The van der Waals surface area contributed by atoms with Crippen molar-refractivity contribution in [1.29, 1.82) is 0 Å². The first-order chi connectivity index (χ1) is 10.9. The van der Waals surface area contributed by atoms with Crippen LogP contribution in [-0.4, -0.2) is 23.0 Å². The lowest BCUT2D eigenvalue weighted by atomic mass is 10.2. The predicted molar refractivity (Wildman–Crippen MR) is 85.9 cm³/mol. The molecule has 2 nitrogen and oxygen atoms in total. The van der Waals surface area contributed by atoms with E-state index in [2.05, 4.69) is 9.47 Å². The third-order valence-electron chi connectivity index (χ3n) is 2.93. The summed E-state index contributed by atoms with van der Waals surface area (Å²) in [4.78, 5) is 0. The van der Waals surface area contributed by atoms with Gasteiger partial charge in [-0.25, -0.2) is 0 Å². The molecule has 0 saturated carbocycles. The fourth-order valence-electron chi connectivity index (χ4n) is 2.85. The Hall–Kier alpha value is -1.17. The molecule has 0 atom stereocenters. The van der Waals surface area contributed by atoms with E-state index in [4.69, 9.17) is 0 Å². The Labute approximate surface area is 144 Å². The van der Waals surface area contributed by atoms with Gasteiger partial charge in [-0.2, -0.15) is 0 Å². The van der Waals surface area contributed by atoms with Gasteiger partial charge in [0.15, 0.2) is 0 Å². The van der Waals surface area contributed by atoms with E-state index in [1.807, 2.05) is 41.5 Å². The van der Waals surface area contributed by atoms with Gasteiger partial charge >= 0.3 is 12.7 Å². The Morgan fingerprint density at radius 1 is 0.640 bits per heavy atom. The summed E-state index contributed by atoms with van der Waals surface area (Å²) in [6, 6.07) is 2.86. The zero-order valence-corrected chi connectivity index (χ0v) is 15.7. The molecule has 0 aliphatic heterocycles. The van der Waals surface area contributed by atoms with Crippen molar-refractivity contribution in [3.63, 3.8) is 0 Å². The molecule has 25 heavy (non-hydrogen) atoms. The smallest absolute Gasteiger partial charge is 0.406 e. The maximum absolute atomic E-state index is 12.5. The van der Waals surface area contributed by atoms with Crippen molar-refractivity contribution in [3.8, 4) is 11.5 Å². The lowest BCUT2D eigenvalue weighted by Crippen LogP contribution is -2.31. The van der Waals surface area contributed by atoms with Crippen LogP contribution >= 0.6 is 7.92 Å². The second kappa shape index (κ2) is 6.86. The van der Waals surface area contributed by atoms with Gasteiger partial charge in [0, 0.05) is 6.07 Å². The van der Waals surface area contributed by atoms with E-state index in [1.165, 1.54) is 0 Å². The Morgan fingerprint density at radius 3 is 1.20 bits per heavy atom. The largest absolute Gasteiger partial charge is 0.573 e. The highest BCUT2D eigenvalue weighted by Gasteiger charge is 2.38. The van der Waals surface area contributed by atoms with Gasteiger partial charge in [0.05, 0.1) is 0 Å². The summed E-state index contributed by atoms with van der Waals surface area (Å²) in [7, 11) is -1.15. The Kier molecular flexibility index (Phi) is 6.00. The minimum absolute atomic E-state index is 0.344. The first-order valence-electron chi connectivity index (χ1n) is 7.35. The van der Waals surface area contributed by atoms with Crippen molar-refractivity contribution in [1.82, 2.24) is 0 Å². The van der Waals surface area contributed by atoms with Crippen molar-refractivity contribution in [2.75, 3.05) is 0 Å². The van der Waals surface area contributed by atoms with Crippen LogP contribution < -0.4 is 14.8 Å². The van der Waals surface area contributed by atoms with Crippen molar-refractivity contribution < 1.29 is 35.8 Å². The Balaban J connectivity index is 3.51. The number of alkyl halides is 6. The normalized spacial score (nSPS) is 14.0. The highest BCUT2D eigenvalue weighted by Crippen LogP contribution is 2.58. The van der Waals surface area contributed by atoms with Crippen molar-refractivity contribution in [2.24, 2.45) is 0 Å². The molecule has 1 aromatic rings. The Morgan fingerprint density at radius 2 is 0.960 bits per heavy atom. The summed E-state index contributed by atoms with van der Waals surface area (Å²) < 4.78 is 82.9. The SMILES string of the molecule is CC(C)(C)P(c1cc(OC(F)(F)F)cc(OC(F)(F)F)c1)C(C)(C)C. The second-order valence-corrected chi connectivity index (χ2v) is 11.3. The number of ether oxygens (including phenoxy) is 2. The number of halogens is 6. The summed E-state index contributed by atoms with van der Waals surface area (Å²) in [5.41, 5.74) is 0. The lowest BCUT2D eigenvalue weighted by Gasteiger charge is -2.42. The van der Waals surface area contributed by atoms with Crippen LogP contribution in [0.5, 0.6) is 11.5 Å². The summed E-state index contributed by atoms with van der Waals surface area (Å²) in [6.07, 6.45) is -10.0. The average molecular weight is 390 g/mol. The van der Waals surface area contributed by atoms with E-state index < -0.39 is 32.1 Å². The van der Waals surface area contributed by atoms with E-state index in [1.54, 1.807) is 0 Å². The third kappa shape index (κ3) is 7.30. The van der Waals surface area contributed by atoms with Gasteiger partial charge < -0.3 is 9.47 Å². The van der Waals surface area contributed by atoms with Gasteiger partial charge in [0.2, 0.25) is 0 Å². The average Bonchev–Trinajstić information content (AvgIpc) is 2.17. The highest BCUT2D eigenvalue weighted by atomic mass is 31.1. The minimum atomic E-state index is -5.01. The number of rotatable bonds is 3. The first-order valence-corrected chi connectivity index (χ1v) is 8.69. The molecular formula is C16H21F6O2P. The molecule has 0 spiro atoms. The van der Waals surface area contributed by atoms with Crippen LogP contribution in [0.4, 0.5) is 26.3 Å². The van der Waals surface area contributed by atoms with Crippen LogP contribution in [0.2, 0.25) is 0 Å². The molecule has 0 bridgehead atoms. The van der Waals surface area contributed by atoms with Gasteiger partial charge in [-0.1, -0.05) is 49.5 Å². The zero-order valence-electron chi connectivity index (χ0n) is 14.8. The van der Waals surface area contributed by atoms with Crippen LogP contribution in [0, 0.1) is 0 Å². The molecule has 0 radical (unpaired) electrons. The molecule has 0 aliphatic rings. The van der Waals surface area contributed by atoms with Crippen molar-refractivity contribution in [3.05, 3.63) is 18.2 Å². The van der Waals surface area contributed by atoms with Crippen molar-refractivity contribution in [2.45, 2.75) is 64.6 Å². The summed E-state index contributed by atoms with van der Waals surface area (Å²) in [5.74, 6) is -1.46. The molecule has 0 aromatic heterocycles. The molecule has 1 aromatic carbocycles. The van der Waals surface area contributed by atoms with E-state index in [0.29, 0.717) is 11.4 Å². The topological polar surface area (TPSA) is 18.5 Å². The lowest BCUT2D eigenvalue weighted by molar-refractivity contribution is -0.276. The van der Waals surface area contributed by atoms with Gasteiger partial charge in [-0.3, -0.25) is 0 Å². The van der Waals surface area contributed by atoms with Gasteiger partial charge in [-0.15, -0.1) is 26.3 Å². The minimum Gasteiger partial charge on any atom is -0.406 e. The van der Waals surface area contributed by atoms with E-state index in [-0.39, 0.29) is 10.3 Å². The monoisotopic (exact) mass is 390 g/mol. The highest BCUT2D eigenvalue weighted by molar-refractivity contribution is 7.68. The van der Waals surface area contributed by atoms with E-state index in [9.17, 15) is 26.3 Å². The fourth-order valence-corrected chi connectivity index (χ4v) is 6.93. The standard InChI is InChI=1S/C16H21F6O2P/c1-13(2,3)25(14(4,5)6)12-8-10(23-15(17,18)19)7-11(9-12)24-16(20,21)22/h7-9H,1-6H3. The maximum Gasteiger partial charge on any atom is 0.573 e. The maximum atomic E-state index is 12.5. The molecule has 9 heteroatoms. The molecule has 0 aliphatic carbocycles. The van der Waals surface area contributed by atoms with Crippen LogP contribution in [0.15, 0.2) is 18.2 Å². The zero-order chi connectivity index (χ0) is 19.8. The number of hydrogen-bond donors (Lipinski definition) is 0.